The average Bonchev–Trinajstić information content (AvgIpc) is 2.76. The summed E-state index contributed by atoms with van der Waals surface area (Å²) in [5, 5.41) is 9.30. The van der Waals surface area contributed by atoms with Crippen molar-refractivity contribution in [2.75, 3.05) is 5.73 Å². The van der Waals surface area contributed by atoms with Crippen LogP contribution in [0.3, 0.4) is 0 Å². The second-order valence-corrected chi connectivity index (χ2v) is 4.52. The third-order valence-electron chi connectivity index (χ3n) is 3.21. The van der Waals surface area contributed by atoms with Gasteiger partial charge in [0.1, 0.15) is 0 Å². The zero-order valence-corrected chi connectivity index (χ0v) is 10.7. The molecule has 5 heteroatoms. The van der Waals surface area contributed by atoms with E-state index in [1.54, 1.807) is 22.8 Å². The molecule has 2 aromatic carbocycles. The first-order valence-corrected chi connectivity index (χ1v) is 6.19. The zero-order valence-electron chi connectivity index (χ0n) is 10.7. The predicted molar refractivity (Wildman–Crippen MR) is 76.6 cm³/mol. The number of aromatic carboxylic acids is 1. The van der Waals surface area contributed by atoms with E-state index >= 15 is 0 Å². The molecule has 0 aliphatic carbocycles. The molecule has 0 spiro atoms. The number of nitrogens with two attached hydrogens (primary N) is 1. The minimum absolute atomic E-state index is 0.211. The van der Waals surface area contributed by atoms with Gasteiger partial charge in [0.05, 0.1) is 23.1 Å². The van der Waals surface area contributed by atoms with Crippen LogP contribution in [0.2, 0.25) is 0 Å². The van der Waals surface area contributed by atoms with E-state index in [2.05, 4.69) is 4.98 Å². The van der Waals surface area contributed by atoms with Gasteiger partial charge in [-0.15, -0.1) is 0 Å². The number of hydrogen-bond acceptors (Lipinski definition) is 3. The molecule has 5 nitrogen and oxygen atoms in total. The fraction of sp³-hybridized carbons (Fsp3) is 0.0667. The molecule has 0 bridgehead atoms. The summed E-state index contributed by atoms with van der Waals surface area (Å²) in [6.07, 6.45) is 0. The highest BCUT2D eigenvalue weighted by molar-refractivity contribution is 6.01. The van der Waals surface area contributed by atoms with E-state index in [1.807, 2.05) is 30.3 Å². The summed E-state index contributed by atoms with van der Waals surface area (Å²) in [5.74, 6) is -0.664. The van der Waals surface area contributed by atoms with Crippen LogP contribution in [0.4, 0.5) is 5.95 Å². The Labute approximate surface area is 115 Å². The summed E-state index contributed by atoms with van der Waals surface area (Å²) >= 11 is 0. The molecule has 0 saturated carbocycles. The van der Waals surface area contributed by atoms with E-state index in [0.717, 1.165) is 5.56 Å². The summed E-state index contributed by atoms with van der Waals surface area (Å²) in [4.78, 5) is 15.6. The van der Waals surface area contributed by atoms with Crippen molar-refractivity contribution in [3.05, 3.63) is 59.7 Å². The second-order valence-electron chi connectivity index (χ2n) is 4.52. The summed E-state index contributed by atoms with van der Waals surface area (Å²) in [7, 11) is 0. The van der Waals surface area contributed by atoms with Crippen LogP contribution >= 0.6 is 0 Å². The monoisotopic (exact) mass is 267 g/mol. The summed E-state index contributed by atoms with van der Waals surface area (Å²) < 4.78 is 1.73. The molecular weight excluding hydrogens is 254 g/mol. The number of rotatable bonds is 3. The fourth-order valence-corrected chi connectivity index (χ4v) is 2.30. The maximum absolute atomic E-state index is 11.3. The van der Waals surface area contributed by atoms with Crippen molar-refractivity contribution in [3.63, 3.8) is 0 Å². The SMILES string of the molecule is Nc1nc2cccc(C(=O)O)c2n1Cc1ccccc1. The van der Waals surface area contributed by atoms with Crippen LogP contribution < -0.4 is 5.73 Å². The maximum Gasteiger partial charge on any atom is 0.337 e. The van der Waals surface area contributed by atoms with Gasteiger partial charge < -0.3 is 15.4 Å². The van der Waals surface area contributed by atoms with Gasteiger partial charge in [-0.05, 0) is 17.7 Å². The lowest BCUT2D eigenvalue weighted by Crippen LogP contribution is -2.07. The Balaban J connectivity index is 2.19. The van der Waals surface area contributed by atoms with E-state index in [0.29, 0.717) is 23.5 Å². The highest BCUT2D eigenvalue weighted by atomic mass is 16.4. The Morgan fingerprint density at radius 2 is 1.90 bits per heavy atom. The van der Waals surface area contributed by atoms with E-state index in [4.69, 9.17) is 5.73 Å². The normalized spacial score (nSPS) is 10.8. The van der Waals surface area contributed by atoms with E-state index in [1.165, 1.54) is 0 Å². The third-order valence-corrected chi connectivity index (χ3v) is 3.21. The molecule has 3 N–H and O–H groups in total. The van der Waals surface area contributed by atoms with Crippen molar-refractivity contribution >= 4 is 23.0 Å². The van der Waals surface area contributed by atoms with E-state index in [-0.39, 0.29) is 5.56 Å². The Morgan fingerprint density at radius 1 is 1.15 bits per heavy atom. The molecule has 0 aliphatic rings. The molecule has 0 radical (unpaired) electrons. The van der Waals surface area contributed by atoms with Crippen LogP contribution in [0.15, 0.2) is 48.5 Å². The number of nitrogens with zero attached hydrogens (tertiary/aromatic N) is 2. The maximum atomic E-state index is 11.3. The van der Waals surface area contributed by atoms with Gasteiger partial charge in [0.2, 0.25) is 5.95 Å². The topological polar surface area (TPSA) is 81.1 Å². The molecule has 1 heterocycles. The lowest BCUT2D eigenvalue weighted by atomic mass is 10.1. The number of fused-ring (bicyclic) bond motifs is 1. The number of imidazole rings is 1. The van der Waals surface area contributed by atoms with Crippen LogP contribution in [0.25, 0.3) is 11.0 Å². The summed E-state index contributed by atoms with van der Waals surface area (Å²) in [6.45, 7) is 0.494. The fourth-order valence-electron chi connectivity index (χ4n) is 2.30. The lowest BCUT2D eigenvalue weighted by Gasteiger charge is -2.08. The van der Waals surface area contributed by atoms with Gasteiger partial charge in [0, 0.05) is 0 Å². The number of carboxylic acids is 1. The second kappa shape index (κ2) is 4.70. The summed E-state index contributed by atoms with van der Waals surface area (Å²) in [5.41, 5.74) is 8.33. The van der Waals surface area contributed by atoms with Gasteiger partial charge in [0.15, 0.2) is 0 Å². The van der Waals surface area contributed by atoms with Crippen molar-refractivity contribution in [1.29, 1.82) is 0 Å². The number of hydrogen-bond donors (Lipinski definition) is 2. The van der Waals surface area contributed by atoms with Crippen molar-refractivity contribution in [3.8, 4) is 0 Å². The first-order valence-electron chi connectivity index (χ1n) is 6.19. The van der Waals surface area contributed by atoms with Crippen molar-refractivity contribution in [2.45, 2.75) is 6.54 Å². The highest BCUT2D eigenvalue weighted by Crippen LogP contribution is 2.23. The van der Waals surface area contributed by atoms with Crippen LogP contribution in [-0.4, -0.2) is 20.6 Å². The number of para-hydroxylation sites is 1. The Bertz CT molecular complexity index is 778. The molecule has 3 aromatic rings. The smallest absolute Gasteiger partial charge is 0.337 e. The number of aromatic nitrogens is 2. The highest BCUT2D eigenvalue weighted by Gasteiger charge is 2.16. The van der Waals surface area contributed by atoms with Crippen molar-refractivity contribution in [2.24, 2.45) is 0 Å². The Hall–Kier alpha value is -2.82. The predicted octanol–water partition coefficient (Wildman–Crippen LogP) is 2.37. The van der Waals surface area contributed by atoms with Gasteiger partial charge in [-0.2, -0.15) is 0 Å². The van der Waals surface area contributed by atoms with Gasteiger partial charge in [-0.1, -0.05) is 36.4 Å². The Morgan fingerprint density at radius 3 is 2.60 bits per heavy atom. The molecular formula is C15H13N3O2. The van der Waals surface area contributed by atoms with Gasteiger partial charge in [0.25, 0.3) is 0 Å². The third kappa shape index (κ3) is 1.99. The molecule has 3 rings (SSSR count). The largest absolute Gasteiger partial charge is 0.478 e. The summed E-state index contributed by atoms with van der Waals surface area (Å²) in [6, 6.07) is 14.7. The zero-order chi connectivity index (χ0) is 14.1. The molecule has 0 saturated heterocycles. The van der Waals surface area contributed by atoms with E-state index < -0.39 is 5.97 Å². The quantitative estimate of drug-likeness (QED) is 0.763. The van der Waals surface area contributed by atoms with Gasteiger partial charge in [-0.25, -0.2) is 9.78 Å². The molecule has 0 atom stereocenters. The lowest BCUT2D eigenvalue weighted by molar-refractivity contribution is 0.0698. The average molecular weight is 267 g/mol. The number of benzene rings is 2. The van der Waals surface area contributed by atoms with Crippen LogP contribution in [-0.2, 0) is 6.54 Å². The van der Waals surface area contributed by atoms with Gasteiger partial charge >= 0.3 is 5.97 Å². The molecule has 1 aromatic heterocycles. The minimum atomic E-state index is -0.982. The van der Waals surface area contributed by atoms with Crippen molar-refractivity contribution in [1.82, 2.24) is 9.55 Å². The number of carbonyl (C=O) groups is 1. The molecule has 20 heavy (non-hydrogen) atoms. The molecule has 0 aliphatic heterocycles. The Kier molecular flexibility index (Phi) is 2.87. The van der Waals surface area contributed by atoms with Crippen molar-refractivity contribution < 1.29 is 9.90 Å². The van der Waals surface area contributed by atoms with Crippen LogP contribution in [0, 0.1) is 0 Å². The number of nitrogen functional groups attached to an aromatic ring is 1. The molecule has 0 fully saturated rings. The van der Waals surface area contributed by atoms with E-state index in [9.17, 15) is 9.90 Å². The first kappa shape index (κ1) is 12.2. The first-order chi connectivity index (χ1) is 9.66. The van der Waals surface area contributed by atoms with Crippen LogP contribution in [0.1, 0.15) is 15.9 Å². The molecule has 0 unspecified atom stereocenters. The van der Waals surface area contributed by atoms with Gasteiger partial charge in [-0.3, -0.25) is 0 Å². The number of anilines is 1. The molecule has 0 amide bonds. The number of carboxylic acid groups (broad SMARTS) is 1. The van der Waals surface area contributed by atoms with Crippen LogP contribution in [0.5, 0.6) is 0 Å². The molecule has 100 valence electrons. The standard InChI is InChI=1S/C15H13N3O2/c16-15-17-12-8-4-7-11(14(19)20)13(12)18(15)9-10-5-2-1-3-6-10/h1-8H,9H2,(H2,16,17)(H,19,20). The minimum Gasteiger partial charge on any atom is -0.478 e.